The fourth-order valence-corrected chi connectivity index (χ4v) is 2.26. The Morgan fingerprint density at radius 3 is 1.79 bits per heavy atom. The van der Waals surface area contributed by atoms with Gasteiger partial charge in [0, 0.05) is 6.54 Å². The van der Waals surface area contributed by atoms with Gasteiger partial charge in [-0.1, -0.05) is 83.3 Å². The Hall–Kier alpha value is -0.340. The van der Waals surface area contributed by atoms with Crippen LogP contribution < -0.4 is 5.73 Å². The van der Waals surface area contributed by atoms with Gasteiger partial charge in [0.25, 0.3) is 0 Å². The molecule has 3 N–H and O–H groups in total. The molecular weight excluding hydrogens is 234 g/mol. The third-order valence-corrected chi connectivity index (χ3v) is 3.57. The van der Waals surface area contributed by atoms with E-state index in [2.05, 4.69) is 13.0 Å². The zero-order valence-electron chi connectivity index (χ0n) is 12.9. The number of hydrogen-bond donors (Lipinski definition) is 2. The number of hydrogen-bond acceptors (Lipinski definition) is 2. The van der Waals surface area contributed by atoms with E-state index in [1.165, 1.54) is 70.6 Å². The molecule has 0 radical (unpaired) electrons. The van der Waals surface area contributed by atoms with Crippen LogP contribution in [0.15, 0.2) is 12.2 Å². The molecule has 0 saturated heterocycles. The molecule has 0 spiro atoms. The van der Waals surface area contributed by atoms with Gasteiger partial charge in [-0.3, -0.25) is 0 Å². The van der Waals surface area contributed by atoms with Crippen molar-refractivity contribution in [2.45, 2.75) is 90.1 Å². The smallest absolute Gasteiger partial charge is 0.0843 e. The first-order chi connectivity index (χ1) is 9.31. The number of aliphatic hydroxyl groups excluding tert-OH is 1. The van der Waals surface area contributed by atoms with Crippen LogP contribution in [0.2, 0.25) is 0 Å². The summed E-state index contributed by atoms with van der Waals surface area (Å²) in [5.74, 6) is 0. The minimum atomic E-state index is -0.451. The molecule has 114 valence electrons. The Morgan fingerprint density at radius 1 is 0.842 bits per heavy atom. The molecule has 0 aromatic heterocycles. The van der Waals surface area contributed by atoms with E-state index in [-0.39, 0.29) is 0 Å². The second-order valence-electron chi connectivity index (χ2n) is 5.56. The van der Waals surface area contributed by atoms with Crippen LogP contribution in [0.25, 0.3) is 0 Å². The summed E-state index contributed by atoms with van der Waals surface area (Å²) in [6.07, 6.45) is 19.7. The molecule has 0 heterocycles. The van der Waals surface area contributed by atoms with Gasteiger partial charge < -0.3 is 10.8 Å². The number of unbranched alkanes of at least 4 members (excludes halogenated alkanes) is 11. The number of aliphatic hydroxyl groups is 1. The summed E-state index contributed by atoms with van der Waals surface area (Å²) in [7, 11) is 0. The molecule has 0 rings (SSSR count). The van der Waals surface area contributed by atoms with Crippen LogP contribution in [0, 0.1) is 0 Å². The lowest BCUT2D eigenvalue weighted by molar-refractivity contribution is 0.231. The topological polar surface area (TPSA) is 46.2 Å². The van der Waals surface area contributed by atoms with Crippen LogP contribution in [0.4, 0.5) is 0 Å². The van der Waals surface area contributed by atoms with Crippen LogP contribution in [0.5, 0.6) is 0 Å². The van der Waals surface area contributed by atoms with E-state index in [4.69, 9.17) is 5.73 Å². The highest BCUT2D eigenvalue weighted by Gasteiger charge is 1.93. The van der Waals surface area contributed by atoms with E-state index in [0.29, 0.717) is 6.54 Å². The Bertz CT molecular complexity index is 192. The Morgan fingerprint density at radius 2 is 1.32 bits per heavy atom. The molecule has 2 heteroatoms. The quantitative estimate of drug-likeness (QED) is 0.358. The van der Waals surface area contributed by atoms with Crippen molar-refractivity contribution < 1.29 is 5.11 Å². The number of allylic oxidation sites excluding steroid dienone is 1. The molecule has 0 aliphatic carbocycles. The zero-order chi connectivity index (χ0) is 14.2. The Kier molecular flexibility index (Phi) is 15.4. The molecule has 0 aromatic rings. The maximum atomic E-state index is 9.22. The molecule has 2 nitrogen and oxygen atoms in total. The molecule has 0 amide bonds. The van der Waals surface area contributed by atoms with Gasteiger partial charge in [0.2, 0.25) is 0 Å². The predicted octanol–water partition coefficient (Wildman–Crippen LogP) is 4.56. The minimum Gasteiger partial charge on any atom is -0.388 e. The van der Waals surface area contributed by atoms with Crippen molar-refractivity contribution in [2.24, 2.45) is 5.73 Å². The van der Waals surface area contributed by atoms with Crippen molar-refractivity contribution in [3.8, 4) is 0 Å². The van der Waals surface area contributed by atoms with Crippen LogP contribution in [-0.4, -0.2) is 17.8 Å². The van der Waals surface area contributed by atoms with Gasteiger partial charge >= 0.3 is 0 Å². The molecule has 0 aliphatic rings. The summed E-state index contributed by atoms with van der Waals surface area (Å²) >= 11 is 0. The SMILES string of the molecule is CCCCCCCCCCCCC/C=C/[C@@H](O)CN. The number of nitrogens with two attached hydrogens (primary N) is 1. The lowest BCUT2D eigenvalue weighted by atomic mass is 10.1. The minimum absolute atomic E-state index is 0.328. The van der Waals surface area contributed by atoms with E-state index in [0.717, 1.165) is 6.42 Å². The highest BCUT2D eigenvalue weighted by molar-refractivity contribution is 4.88. The van der Waals surface area contributed by atoms with Gasteiger partial charge in [-0.25, -0.2) is 0 Å². The molecule has 0 aromatic carbocycles. The monoisotopic (exact) mass is 269 g/mol. The standard InChI is InChI=1S/C17H35NO/c1-2-3-4-5-6-7-8-9-10-11-12-13-14-15-17(19)16-18/h14-15,17,19H,2-13,16,18H2,1H3/b15-14+/t17-/m1/s1. The molecule has 0 bridgehead atoms. The third kappa shape index (κ3) is 15.6. The first-order valence-corrected chi connectivity index (χ1v) is 8.36. The van der Waals surface area contributed by atoms with E-state index < -0.39 is 6.10 Å². The molecule has 0 saturated carbocycles. The second-order valence-corrected chi connectivity index (χ2v) is 5.56. The van der Waals surface area contributed by atoms with Crippen molar-refractivity contribution in [1.29, 1.82) is 0 Å². The van der Waals surface area contributed by atoms with Crippen molar-refractivity contribution in [3.63, 3.8) is 0 Å². The van der Waals surface area contributed by atoms with Gasteiger partial charge in [0.1, 0.15) is 0 Å². The maximum absolute atomic E-state index is 9.22. The van der Waals surface area contributed by atoms with Crippen LogP contribution >= 0.6 is 0 Å². The fraction of sp³-hybridized carbons (Fsp3) is 0.882. The maximum Gasteiger partial charge on any atom is 0.0843 e. The Labute approximate surface area is 120 Å². The first-order valence-electron chi connectivity index (χ1n) is 8.36. The fourth-order valence-electron chi connectivity index (χ4n) is 2.26. The van der Waals surface area contributed by atoms with Crippen LogP contribution in [0.3, 0.4) is 0 Å². The van der Waals surface area contributed by atoms with Crippen molar-refractivity contribution in [3.05, 3.63) is 12.2 Å². The van der Waals surface area contributed by atoms with E-state index >= 15 is 0 Å². The average Bonchev–Trinajstić information content (AvgIpc) is 2.43. The summed E-state index contributed by atoms with van der Waals surface area (Å²) in [5, 5.41) is 9.22. The largest absolute Gasteiger partial charge is 0.388 e. The first kappa shape index (κ1) is 18.7. The van der Waals surface area contributed by atoms with Gasteiger partial charge in [-0.15, -0.1) is 0 Å². The van der Waals surface area contributed by atoms with E-state index in [1.54, 1.807) is 0 Å². The zero-order valence-corrected chi connectivity index (χ0v) is 12.9. The highest BCUT2D eigenvalue weighted by atomic mass is 16.3. The summed E-state index contributed by atoms with van der Waals surface area (Å²) in [6, 6.07) is 0. The van der Waals surface area contributed by atoms with Crippen molar-refractivity contribution in [1.82, 2.24) is 0 Å². The second kappa shape index (κ2) is 15.7. The van der Waals surface area contributed by atoms with Gasteiger partial charge in [0.15, 0.2) is 0 Å². The molecule has 0 fully saturated rings. The number of rotatable bonds is 14. The molecule has 0 unspecified atom stereocenters. The van der Waals surface area contributed by atoms with Crippen LogP contribution in [0.1, 0.15) is 84.0 Å². The third-order valence-electron chi connectivity index (χ3n) is 3.57. The molecular formula is C17H35NO. The van der Waals surface area contributed by atoms with Crippen LogP contribution in [-0.2, 0) is 0 Å². The van der Waals surface area contributed by atoms with E-state index in [9.17, 15) is 5.11 Å². The molecule has 1 atom stereocenters. The van der Waals surface area contributed by atoms with Gasteiger partial charge in [0.05, 0.1) is 6.10 Å². The summed E-state index contributed by atoms with van der Waals surface area (Å²) in [6.45, 7) is 2.60. The summed E-state index contributed by atoms with van der Waals surface area (Å²) in [4.78, 5) is 0. The highest BCUT2D eigenvalue weighted by Crippen LogP contribution is 2.11. The molecule has 19 heavy (non-hydrogen) atoms. The summed E-state index contributed by atoms with van der Waals surface area (Å²) in [5.41, 5.74) is 5.32. The lowest BCUT2D eigenvalue weighted by Gasteiger charge is -2.02. The van der Waals surface area contributed by atoms with E-state index in [1.807, 2.05) is 6.08 Å². The predicted molar refractivity (Wildman–Crippen MR) is 85.3 cm³/mol. The summed E-state index contributed by atoms with van der Waals surface area (Å²) < 4.78 is 0. The average molecular weight is 269 g/mol. The Balaban J connectivity index is 3.05. The normalized spacial score (nSPS) is 13.2. The lowest BCUT2D eigenvalue weighted by Crippen LogP contribution is -2.16. The van der Waals surface area contributed by atoms with Crippen molar-refractivity contribution in [2.75, 3.05) is 6.54 Å². The molecule has 0 aliphatic heterocycles. The van der Waals surface area contributed by atoms with Gasteiger partial charge in [-0.2, -0.15) is 0 Å². The van der Waals surface area contributed by atoms with Gasteiger partial charge in [-0.05, 0) is 12.8 Å². The van der Waals surface area contributed by atoms with Crippen molar-refractivity contribution >= 4 is 0 Å².